The number of carbonyl (C=O) groups excluding carboxylic acids is 1. The molecule has 0 radical (unpaired) electrons. The molecule has 0 fully saturated rings. The lowest BCUT2D eigenvalue weighted by molar-refractivity contribution is -0.148. The van der Waals surface area contributed by atoms with Crippen LogP contribution >= 0.6 is 0 Å². The topological polar surface area (TPSA) is 46.5 Å². The van der Waals surface area contributed by atoms with E-state index in [1.807, 2.05) is 41.5 Å². The molecule has 0 aliphatic rings. The Labute approximate surface area is 105 Å². The third-order valence-corrected chi connectivity index (χ3v) is 2.49. The van der Waals surface area contributed by atoms with Gasteiger partial charge in [-0.05, 0) is 33.1 Å². The van der Waals surface area contributed by atoms with Crippen molar-refractivity contribution in [2.75, 3.05) is 0 Å². The van der Waals surface area contributed by atoms with Gasteiger partial charge in [-0.15, -0.1) is 0 Å². The van der Waals surface area contributed by atoms with E-state index < -0.39 is 11.7 Å². The maximum Gasteiger partial charge on any atom is 0.330 e. The quantitative estimate of drug-likeness (QED) is 0.595. The van der Waals surface area contributed by atoms with Crippen LogP contribution in [0.15, 0.2) is 12.2 Å². The van der Waals surface area contributed by atoms with E-state index in [-0.39, 0.29) is 11.9 Å². The zero-order valence-electron chi connectivity index (χ0n) is 11.9. The van der Waals surface area contributed by atoms with Gasteiger partial charge in [0, 0.05) is 12.0 Å². The Kier molecular flexibility index (Phi) is 6.46. The number of ether oxygens (including phenoxy) is 1. The third-order valence-electron chi connectivity index (χ3n) is 2.49. The molecule has 0 spiro atoms. The molecule has 0 saturated heterocycles. The predicted molar refractivity (Wildman–Crippen MR) is 69.6 cm³/mol. The van der Waals surface area contributed by atoms with Gasteiger partial charge in [-0.3, -0.25) is 0 Å². The van der Waals surface area contributed by atoms with Gasteiger partial charge in [-0.1, -0.05) is 26.8 Å². The van der Waals surface area contributed by atoms with Gasteiger partial charge in [0.15, 0.2) is 0 Å². The summed E-state index contributed by atoms with van der Waals surface area (Å²) in [6, 6.07) is 0. The number of rotatable bonds is 5. The molecular weight excluding hydrogens is 216 g/mol. The SMILES string of the molecule is CC[C@H](O)[C@@H](/C=C/C(=O)OC(C)(C)C)C(C)C. The van der Waals surface area contributed by atoms with Gasteiger partial charge < -0.3 is 9.84 Å². The summed E-state index contributed by atoms with van der Waals surface area (Å²) in [7, 11) is 0. The zero-order valence-corrected chi connectivity index (χ0v) is 11.9. The molecule has 0 aliphatic carbocycles. The average molecular weight is 242 g/mol. The van der Waals surface area contributed by atoms with E-state index >= 15 is 0 Å². The van der Waals surface area contributed by atoms with Crippen molar-refractivity contribution in [2.24, 2.45) is 11.8 Å². The normalized spacial score (nSPS) is 16.2. The standard InChI is InChI=1S/C14H26O3/c1-7-12(15)11(10(2)3)8-9-13(16)17-14(4,5)6/h8-12,15H,7H2,1-6H3/b9-8+/t11-,12-/m0/s1. The molecule has 0 amide bonds. The fourth-order valence-electron chi connectivity index (χ4n) is 1.59. The first-order valence-electron chi connectivity index (χ1n) is 6.26. The summed E-state index contributed by atoms with van der Waals surface area (Å²) in [5, 5.41) is 9.83. The first kappa shape index (κ1) is 16.2. The minimum atomic E-state index is -0.474. The van der Waals surface area contributed by atoms with E-state index in [0.717, 1.165) is 0 Å². The van der Waals surface area contributed by atoms with Crippen molar-refractivity contribution in [3.8, 4) is 0 Å². The van der Waals surface area contributed by atoms with Gasteiger partial charge in [-0.25, -0.2) is 4.79 Å². The molecule has 3 nitrogen and oxygen atoms in total. The molecular formula is C14H26O3. The Morgan fingerprint density at radius 2 is 1.88 bits per heavy atom. The van der Waals surface area contributed by atoms with Gasteiger partial charge in [-0.2, -0.15) is 0 Å². The summed E-state index contributed by atoms with van der Waals surface area (Å²) in [5.74, 6) is -0.0670. The molecule has 0 bridgehead atoms. The van der Waals surface area contributed by atoms with E-state index in [2.05, 4.69) is 0 Å². The maximum atomic E-state index is 11.5. The van der Waals surface area contributed by atoms with Crippen LogP contribution in [0, 0.1) is 11.8 Å². The largest absolute Gasteiger partial charge is 0.457 e. The summed E-state index contributed by atoms with van der Waals surface area (Å²) in [6.07, 6.45) is 3.46. The molecule has 17 heavy (non-hydrogen) atoms. The highest BCUT2D eigenvalue weighted by Gasteiger charge is 2.19. The number of esters is 1. The van der Waals surface area contributed by atoms with Crippen LogP contribution in [-0.4, -0.2) is 22.8 Å². The van der Waals surface area contributed by atoms with Crippen molar-refractivity contribution in [3.63, 3.8) is 0 Å². The molecule has 3 heteroatoms. The Hall–Kier alpha value is -0.830. The molecule has 0 heterocycles. The van der Waals surface area contributed by atoms with Crippen LogP contribution in [0.2, 0.25) is 0 Å². The lowest BCUT2D eigenvalue weighted by atomic mass is 9.88. The Morgan fingerprint density at radius 1 is 1.35 bits per heavy atom. The van der Waals surface area contributed by atoms with Gasteiger partial charge in [0.1, 0.15) is 5.60 Å². The maximum absolute atomic E-state index is 11.5. The molecule has 0 aromatic carbocycles. The monoisotopic (exact) mass is 242 g/mol. The van der Waals surface area contributed by atoms with Crippen molar-refractivity contribution in [3.05, 3.63) is 12.2 Å². The van der Waals surface area contributed by atoms with E-state index in [4.69, 9.17) is 4.74 Å². The minimum absolute atomic E-state index is 0.00693. The van der Waals surface area contributed by atoms with Crippen LogP contribution in [-0.2, 0) is 9.53 Å². The minimum Gasteiger partial charge on any atom is -0.457 e. The number of hydrogen-bond acceptors (Lipinski definition) is 3. The molecule has 0 saturated carbocycles. The van der Waals surface area contributed by atoms with Crippen LogP contribution in [0.25, 0.3) is 0 Å². The zero-order chi connectivity index (χ0) is 13.6. The van der Waals surface area contributed by atoms with Crippen LogP contribution < -0.4 is 0 Å². The van der Waals surface area contributed by atoms with Crippen LogP contribution in [0.3, 0.4) is 0 Å². The van der Waals surface area contributed by atoms with Crippen LogP contribution in [0.4, 0.5) is 0 Å². The van der Waals surface area contributed by atoms with Gasteiger partial charge >= 0.3 is 5.97 Å². The summed E-state index contributed by atoms with van der Waals surface area (Å²) in [5.41, 5.74) is -0.474. The number of aliphatic hydroxyl groups is 1. The number of carbonyl (C=O) groups is 1. The molecule has 0 aliphatic heterocycles. The third kappa shape index (κ3) is 7.16. The molecule has 0 unspecified atom stereocenters. The molecule has 100 valence electrons. The molecule has 0 aromatic rings. The Bertz CT molecular complexity index is 261. The van der Waals surface area contributed by atoms with Crippen molar-refractivity contribution in [2.45, 2.75) is 59.7 Å². The number of aliphatic hydroxyl groups excluding tert-OH is 1. The first-order chi connectivity index (χ1) is 7.67. The predicted octanol–water partition coefficient (Wildman–Crippen LogP) is 2.93. The second kappa shape index (κ2) is 6.80. The summed E-state index contributed by atoms with van der Waals surface area (Å²) in [6.45, 7) is 11.5. The second-order valence-corrected chi connectivity index (χ2v) is 5.69. The van der Waals surface area contributed by atoms with Crippen molar-refractivity contribution < 1.29 is 14.6 Å². The van der Waals surface area contributed by atoms with Crippen LogP contribution in [0.1, 0.15) is 48.0 Å². The van der Waals surface area contributed by atoms with Crippen molar-refractivity contribution >= 4 is 5.97 Å². The van der Waals surface area contributed by atoms with E-state index in [9.17, 15) is 9.90 Å². The van der Waals surface area contributed by atoms with Crippen molar-refractivity contribution in [1.29, 1.82) is 0 Å². The van der Waals surface area contributed by atoms with Crippen LogP contribution in [0.5, 0.6) is 0 Å². The summed E-state index contributed by atoms with van der Waals surface area (Å²) < 4.78 is 5.17. The van der Waals surface area contributed by atoms with Crippen molar-refractivity contribution in [1.82, 2.24) is 0 Å². The Morgan fingerprint density at radius 3 is 2.24 bits per heavy atom. The molecule has 0 aromatic heterocycles. The Balaban J connectivity index is 4.50. The lowest BCUT2D eigenvalue weighted by Gasteiger charge is -2.22. The lowest BCUT2D eigenvalue weighted by Crippen LogP contribution is -2.25. The first-order valence-corrected chi connectivity index (χ1v) is 6.26. The fraction of sp³-hybridized carbons (Fsp3) is 0.786. The van der Waals surface area contributed by atoms with E-state index in [1.54, 1.807) is 6.08 Å². The fourth-order valence-corrected chi connectivity index (χ4v) is 1.59. The van der Waals surface area contributed by atoms with Gasteiger partial charge in [0.2, 0.25) is 0 Å². The smallest absolute Gasteiger partial charge is 0.330 e. The van der Waals surface area contributed by atoms with Gasteiger partial charge in [0.05, 0.1) is 6.10 Å². The van der Waals surface area contributed by atoms with Gasteiger partial charge in [0.25, 0.3) is 0 Å². The van der Waals surface area contributed by atoms with E-state index in [0.29, 0.717) is 12.3 Å². The summed E-state index contributed by atoms with van der Waals surface area (Å²) >= 11 is 0. The highest BCUT2D eigenvalue weighted by Crippen LogP contribution is 2.19. The molecule has 1 N–H and O–H groups in total. The number of hydrogen-bond donors (Lipinski definition) is 1. The highest BCUT2D eigenvalue weighted by atomic mass is 16.6. The molecule has 0 rings (SSSR count). The molecule has 2 atom stereocenters. The second-order valence-electron chi connectivity index (χ2n) is 5.69. The average Bonchev–Trinajstić information content (AvgIpc) is 2.14. The summed E-state index contributed by atoms with van der Waals surface area (Å²) in [4.78, 5) is 11.5. The highest BCUT2D eigenvalue weighted by molar-refractivity contribution is 5.82. The van der Waals surface area contributed by atoms with E-state index in [1.165, 1.54) is 6.08 Å².